The molecule has 0 bridgehead atoms. The Balaban J connectivity index is 1.28. The Kier molecular flexibility index (Phi) is 4.07. The van der Waals surface area contributed by atoms with Gasteiger partial charge >= 0.3 is 0 Å². The molecule has 0 aliphatic heterocycles. The second-order valence-corrected chi connectivity index (χ2v) is 12.3. The van der Waals surface area contributed by atoms with E-state index in [-0.39, 0.29) is 10.8 Å². The van der Waals surface area contributed by atoms with Gasteiger partial charge in [0.1, 0.15) is 11.2 Å². The average molecular weight is 491 g/mol. The van der Waals surface area contributed by atoms with Gasteiger partial charge in [0.2, 0.25) is 0 Å². The van der Waals surface area contributed by atoms with Crippen LogP contribution in [0.2, 0.25) is 0 Å². The molecule has 0 saturated heterocycles. The molecule has 0 fully saturated rings. The van der Waals surface area contributed by atoms with Crippen molar-refractivity contribution in [3.63, 3.8) is 0 Å². The molecule has 8 rings (SSSR count). The Morgan fingerprint density at radius 2 is 1.03 bits per heavy atom. The lowest BCUT2D eigenvalue weighted by Crippen LogP contribution is -2.17. The Hall–Kier alpha value is -4.10. The van der Waals surface area contributed by atoms with Crippen LogP contribution in [-0.2, 0) is 10.8 Å². The normalized spacial score (nSPS) is 15.9. The number of aryl methyl sites for hydroxylation is 1. The first-order valence-electron chi connectivity index (χ1n) is 13.6. The molecule has 1 aromatic heterocycles. The predicted molar refractivity (Wildman–Crippen MR) is 159 cm³/mol. The average Bonchev–Trinajstić information content (AvgIpc) is 3.47. The molecule has 0 N–H and O–H groups in total. The molecule has 1 heteroatoms. The summed E-state index contributed by atoms with van der Waals surface area (Å²) in [4.78, 5) is 0. The summed E-state index contributed by atoms with van der Waals surface area (Å²) in [5.74, 6) is 0. The highest BCUT2D eigenvalue weighted by molar-refractivity contribution is 6.06. The van der Waals surface area contributed by atoms with Crippen LogP contribution in [0.25, 0.3) is 55.3 Å². The monoisotopic (exact) mass is 490 g/mol. The van der Waals surface area contributed by atoms with E-state index in [4.69, 9.17) is 4.42 Å². The van der Waals surface area contributed by atoms with Gasteiger partial charge < -0.3 is 4.42 Å². The van der Waals surface area contributed by atoms with Gasteiger partial charge in [-0.05, 0) is 99.0 Å². The number of hydrogen-bond donors (Lipinski definition) is 0. The van der Waals surface area contributed by atoms with Gasteiger partial charge in [-0.25, -0.2) is 0 Å². The molecule has 0 unspecified atom stereocenters. The van der Waals surface area contributed by atoms with E-state index >= 15 is 0 Å². The van der Waals surface area contributed by atoms with Gasteiger partial charge in [0.15, 0.2) is 0 Å². The molecule has 0 amide bonds. The maximum atomic E-state index is 6.20. The lowest BCUT2D eigenvalue weighted by Gasteiger charge is -2.24. The molecule has 0 radical (unpaired) electrons. The second kappa shape index (κ2) is 7.05. The van der Waals surface area contributed by atoms with E-state index in [0.29, 0.717) is 0 Å². The largest absolute Gasteiger partial charge is 0.456 e. The molecular formula is C37H30O. The Morgan fingerprint density at radius 3 is 1.76 bits per heavy atom. The summed E-state index contributed by atoms with van der Waals surface area (Å²) < 4.78 is 6.20. The highest BCUT2D eigenvalue weighted by atomic mass is 16.3. The molecule has 0 saturated carbocycles. The number of furan rings is 1. The fourth-order valence-corrected chi connectivity index (χ4v) is 7.16. The third-order valence-corrected chi connectivity index (χ3v) is 9.34. The fourth-order valence-electron chi connectivity index (χ4n) is 7.16. The van der Waals surface area contributed by atoms with Crippen molar-refractivity contribution in [1.29, 1.82) is 0 Å². The molecule has 1 heterocycles. The minimum atomic E-state index is -0.0727. The van der Waals surface area contributed by atoms with Crippen molar-refractivity contribution in [2.45, 2.75) is 45.4 Å². The minimum Gasteiger partial charge on any atom is -0.456 e. The lowest BCUT2D eigenvalue weighted by atomic mass is 9.79. The van der Waals surface area contributed by atoms with Crippen LogP contribution in [0.5, 0.6) is 0 Å². The Morgan fingerprint density at radius 1 is 0.474 bits per heavy atom. The van der Waals surface area contributed by atoms with Gasteiger partial charge in [-0.3, -0.25) is 0 Å². The summed E-state index contributed by atoms with van der Waals surface area (Å²) in [5.41, 5.74) is 16.9. The quantitative estimate of drug-likeness (QED) is 0.223. The number of rotatable bonds is 1. The van der Waals surface area contributed by atoms with E-state index in [1.54, 1.807) is 0 Å². The molecule has 0 atom stereocenters. The number of benzene rings is 5. The van der Waals surface area contributed by atoms with Gasteiger partial charge in [0.25, 0.3) is 0 Å². The number of hydrogen-bond acceptors (Lipinski definition) is 1. The summed E-state index contributed by atoms with van der Waals surface area (Å²) in [6.45, 7) is 11.7. The van der Waals surface area contributed by atoms with E-state index < -0.39 is 0 Å². The zero-order valence-electron chi connectivity index (χ0n) is 22.6. The van der Waals surface area contributed by atoms with Crippen LogP contribution in [0.1, 0.15) is 55.5 Å². The zero-order chi connectivity index (χ0) is 26.0. The van der Waals surface area contributed by atoms with Crippen molar-refractivity contribution in [3.8, 4) is 33.4 Å². The van der Waals surface area contributed by atoms with Crippen LogP contribution in [0.3, 0.4) is 0 Å². The molecule has 1 nitrogen and oxygen atoms in total. The van der Waals surface area contributed by atoms with Gasteiger partial charge in [0, 0.05) is 21.6 Å². The molecule has 2 aliphatic carbocycles. The smallest absolute Gasteiger partial charge is 0.136 e. The van der Waals surface area contributed by atoms with Gasteiger partial charge in [-0.2, -0.15) is 0 Å². The fraction of sp³-hybridized carbons (Fsp3) is 0.189. The van der Waals surface area contributed by atoms with Crippen LogP contribution in [0, 0.1) is 6.92 Å². The first kappa shape index (κ1) is 21.9. The zero-order valence-corrected chi connectivity index (χ0v) is 22.6. The summed E-state index contributed by atoms with van der Waals surface area (Å²) in [6, 6.07) is 33.9. The van der Waals surface area contributed by atoms with Crippen molar-refractivity contribution in [2.75, 3.05) is 0 Å². The van der Waals surface area contributed by atoms with Crippen LogP contribution in [0.4, 0.5) is 0 Å². The molecular weight excluding hydrogens is 460 g/mol. The van der Waals surface area contributed by atoms with Crippen molar-refractivity contribution in [1.82, 2.24) is 0 Å². The maximum Gasteiger partial charge on any atom is 0.136 e. The summed E-state index contributed by atoms with van der Waals surface area (Å²) in [6.07, 6.45) is 0. The molecule has 0 spiro atoms. The molecule has 6 aromatic rings. The molecule has 5 aromatic carbocycles. The lowest BCUT2D eigenvalue weighted by molar-refractivity contribution is 0.652. The minimum absolute atomic E-state index is 0.000543. The van der Waals surface area contributed by atoms with Crippen molar-refractivity contribution in [2.24, 2.45) is 0 Å². The van der Waals surface area contributed by atoms with Crippen LogP contribution >= 0.6 is 0 Å². The molecule has 38 heavy (non-hydrogen) atoms. The van der Waals surface area contributed by atoms with E-state index in [1.807, 2.05) is 12.1 Å². The van der Waals surface area contributed by atoms with Crippen LogP contribution < -0.4 is 0 Å². The van der Waals surface area contributed by atoms with Gasteiger partial charge in [0.05, 0.1) is 0 Å². The molecule has 184 valence electrons. The third-order valence-electron chi connectivity index (χ3n) is 9.34. The highest BCUT2D eigenvalue weighted by Gasteiger charge is 2.41. The first-order chi connectivity index (χ1) is 18.2. The molecule has 2 aliphatic rings. The first-order valence-corrected chi connectivity index (χ1v) is 13.6. The maximum absolute atomic E-state index is 6.20. The number of fused-ring (bicyclic) bond motifs is 9. The van der Waals surface area contributed by atoms with Crippen molar-refractivity contribution >= 4 is 21.9 Å². The van der Waals surface area contributed by atoms with E-state index in [9.17, 15) is 0 Å². The topological polar surface area (TPSA) is 13.1 Å². The van der Waals surface area contributed by atoms with Crippen LogP contribution in [0.15, 0.2) is 95.4 Å². The number of para-hydroxylation sites is 1. The standard InChI is InChI=1S/C37H30O/c1-21-10-13-24-28-19-33-29(20-32(28)36(2,3)30(24)16-21)25-14-11-22(17-31(25)37(33,4)5)23-12-15-27-26-8-6-7-9-34(26)38-35(27)18-23/h6-20H,1-5H3. The van der Waals surface area contributed by atoms with Crippen LogP contribution in [-0.4, -0.2) is 0 Å². The van der Waals surface area contributed by atoms with E-state index in [2.05, 4.69) is 113 Å². The summed E-state index contributed by atoms with van der Waals surface area (Å²) >= 11 is 0. The Labute approximate surface area is 223 Å². The van der Waals surface area contributed by atoms with E-state index in [1.165, 1.54) is 72.0 Å². The summed E-state index contributed by atoms with van der Waals surface area (Å²) in [7, 11) is 0. The summed E-state index contributed by atoms with van der Waals surface area (Å²) in [5, 5.41) is 2.35. The van der Waals surface area contributed by atoms with Crippen molar-refractivity contribution in [3.05, 3.63) is 119 Å². The highest BCUT2D eigenvalue weighted by Crippen LogP contribution is 2.56. The van der Waals surface area contributed by atoms with Gasteiger partial charge in [-0.1, -0.05) is 87.9 Å². The van der Waals surface area contributed by atoms with Gasteiger partial charge in [-0.15, -0.1) is 0 Å². The second-order valence-electron chi connectivity index (χ2n) is 12.3. The van der Waals surface area contributed by atoms with Crippen molar-refractivity contribution < 1.29 is 4.42 Å². The van der Waals surface area contributed by atoms with E-state index in [0.717, 1.165) is 11.2 Å². The predicted octanol–water partition coefficient (Wildman–Crippen LogP) is 10.2. The SMILES string of the molecule is Cc1ccc2c(c1)C(C)(C)c1cc3c(cc1-2)C(C)(C)c1cc(-c2ccc4c(c2)oc2ccccc24)ccc1-3. The third kappa shape index (κ3) is 2.72. The Bertz CT molecular complexity index is 1980.